The predicted octanol–water partition coefficient (Wildman–Crippen LogP) is 3.31. The molecule has 25 heavy (non-hydrogen) atoms. The Morgan fingerprint density at radius 3 is 2.64 bits per heavy atom. The smallest absolute Gasteiger partial charge is 0.227 e. The van der Waals surface area contributed by atoms with Crippen molar-refractivity contribution in [3.63, 3.8) is 0 Å². The third-order valence-electron chi connectivity index (χ3n) is 4.26. The summed E-state index contributed by atoms with van der Waals surface area (Å²) in [5.74, 6) is 0.852. The van der Waals surface area contributed by atoms with Crippen molar-refractivity contribution in [3.05, 3.63) is 71.8 Å². The molecule has 0 bridgehead atoms. The van der Waals surface area contributed by atoms with Gasteiger partial charge in [0, 0.05) is 18.7 Å². The van der Waals surface area contributed by atoms with Crippen molar-refractivity contribution < 1.29 is 14.3 Å². The van der Waals surface area contributed by atoms with Gasteiger partial charge in [-0.2, -0.15) is 0 Å². The SMILES string of the molecule is C=Cc1ccc(OCc2ccccc2)c(CC(=O)N2CCOCC2)c1. The molecule has 0 saturated carbocycles. The van der Waals surface area contributed by atoms with E-state index >= 15 is 0 Å². The summed E-state index contributed by atoms with van der Waals surface area (Å²) in [5, 5.41) is 0. The van der Waals surface area contributed by atoms with Gasteiger partial charge in [0.15, 0.2) is 0 Å². The quantitative estimate of drug-likeness (QED) is 0.812. The average molecular weight is 337 g/mol. The first-order chi connectivity index (χ1) is 12.3. The van der Waals surface area contributed by atoms with Crippen LogP contribution >= 0.6 is 0 Å². The summed E-state index contributed by atoms with van der Waals surface area (Å²) in [6.45, 7) is 6.81. The molecule has 0 unspecified atom stereocenters. The number of amides is 1. The van der Waals surface area contributed by atoms with Crippen molar-refractivity contribution in [2.24, 2.45) is 0 Å². The van der Waals surface area contributed by atoms with Gasteiger partial charge in [-0.15, -0.1) is 0 Å². The number of nitrogens with zero attached hydrogens (tertiary/aromatic N) is 1. The highest BCUT2D eigenvalue weighted by molar-refractivity contribution is 5.80. The molecule has 1 heterocycles. The molecule has 0 aromatic heterocycles. The number of ether oxygens (including phenoxy) is 2. The van der Waals surface area contributed by atoms with E-state index < -0.39 is 0 Å². The summed E-state index contributed by atoms with van der Waals surface area (Å²) >= 11 is 0. The van der Waals surface area contributed by atoms with E-state index in [4.69, 9.17) is 9.47 Å². The molecule has 0 N–H and O–H groups in total. The van der Waals surface area contributed by atoms with Crippen molar-refractivity contribution in [2.75, 3.05) is 26.3 Å². The normalized spacial score (nSPS) is 14.2. The Bertz CT molecular complexity index is 721. The Hall–Kier alpha value is -2.59. The second-order valence-electron chi connectivity index (χ2n) is 6.02. The minimum Gasteiger partial charge on any atom is -0.489 e. The minimum absolute atomic E-state index is 0.106. The average Bonchev–Trinajstić information content (AvgIpc) is 2.68. The molecule has 2 aromatic rings. The van der Waals surface area contributed by atoms with Gasteiger partial charge in [-0.3, -0.25) is 4.79 Å². The molecule has 1 aliphatic heterocycles. The summed E-state index contributed by atoms with van der Waals surface area (Å²) in [5.41, 5.74) is 2.97. The molecule has 1 amide bonds. The van der Waals surface area contributed by atoms with Crippen molar-refractivity contribution >= 4 is 12.0 Å². The van der Waals surface area contributed by atoms with Gasteiger partial charge >= 0.3 is 0 Å². The Labute approximate surface area is 148 Å². The summed E-state index contributed by atoms with van der Waals surface area (Å²) in [6.07, 6.45) is 2.11. The van der Waals surface area contributed by atoms with Crippen molar-refractivity contribution in [3.8, 4) is 5.75 Å². The van der Waals surface area contributed by atoms with E-state index in [-0.39, 0.29) is 5.91 Å². The highest BCUT2D eigenvalue weighted by Crippen LogP contribution is 2.23. The van der Waals surface area contributed by atoms with Crippen LogP contribution in [0.25, 0.3) is 6.08 Å². The van der Waals surface area contributed by atoms with Gasteiger partial charge in [0.05, 0.1) is 19.6 Å². The molecule has 1 saturated heterocycles. The molecule has 1 aliphatic rings. The first-order valence-electron chi connectivity index (χ1n) is 8.54. The van der Waals surface area contributed by atoms with E-state index in [0.29, 0.717) is 39.3 Å². The van der Waals surface area contributed by atoms with Gasteiger partial charge in [-0.05, 0) is 23.3 Å². The topological polar surface area (TPSA) is 38.8 Å². The zero-order valence-corrected chi connectivity index (χ0v) is 14.3. The van der Waals surface area contributed by atoms with Crippen LogP contribution < -0.4 is 4.74 Å². The number of benzene rings is 2. The standard InChI is InChI=1S/C21H23NO3/c1-2-17-8-9-20(25-16-18-6-4-3-5-7-18)19(14-17)15-21(23)22-10-12-24-13-11-22/h2-9,14H,1,10-13,15-16H2. The fraction of sp³-hybridized carbons (Fsp3) is 0.286. The predicted molar refractivity (Wildman–Crippen MR) is 98.4 cm³/mol. The van der Waals surface area contributed by atoms with E-state index in [1.165, 1.54) is 0 Å². The van der Waals surface area contributed by atoms with E-state index in [0.717, 1.165) is 22.4 Å². The number of morpholine rings is 1. The Kier molecular flexibility index (Phi) is 5.86. The van der Waals surface area contributed by atoms with Crippen LogP contribution in [0.2, 0.25) is 0 Å². The van der Waals surface area contributed by atoms with Crippen LogP contribution in [-0.4, -0.2) is 37.1 Å². The molecular weight excluding hydrogens is 314 g/mol. The number of rotatable bonds is 6. The summed E-state index contributed by atoms with van der Waals surface area (Å²) in [7, 11) is 0. The van der Waals surface area contributed by atoms with Crippen LogP contribution in [0.3, 0.4) is 0 Å². The molecule has 130 valence electrons. The van der Waals surface area contributed by atoms with Gasteiger partial charge in [0.25, 0.3) is 0 Å². The van der Waals surface area contributed by atoms with Gasteiger partial charge in [0.2, 0.25) is 5.91 Å². The van der Waals surface area contributed by atoms with Gasteiger partial charge in [-0.25, -0.2) is 0 Å². The highest BCUT2D eigenvalue weighted by Gasteiger charge is 2.19. The molecular formula is C21H23NO3. The summed E-state index contributed by atoms with van der Waals surface area (Å²) in [4.78, 5) is 14.4. The van der Waals surface area contributed by atoms with E-state index in [2.05, 4.69) is 6.58 Å². The number of carbonyl (C=O) groups excluding carboxylic acids is 1. The Morgan fingerprint density at radius 2 is 1.92 bits per heavy atom. The van der Waals surface area contributed by atoms with Crippen molar-refractivity contribution in [1.29, 1.82) is 0 Å². The highest BCUT2D eigenvalue weighted by atomic mass is 16.5. The van der Waals surface area contributed by atoms with Crippen LogP contribution in [0.15, 0.2) is 55.1 Å². The fourth-order valence-corrected chi connectivity index (χ4v) is 2.83. The lowest BCUT2D eigenvalue weighted by molar-refractivity contribution is -0.134. The lowest BCUT2D eigenvalue weighted by atomic mass is 10.1. The third-order valence-corrected chi connectivity index (χ3v) is 4.26. The number of hydrogen-bond acceptors (Lipinski definition) is 3. The number of carbonyl (C=O) groups is 1. The molecule has 4 nitrogen and oxygen atoms in total. The van der Waals surface area contributed by atoms with Crippen LogP contribution in [0.1, 0.15) is 16.7 Å². The maximum Gasteiger partial charge on any atom is 0.227 e. The fourth-order valence-electron chi connectivity index (χ4n) is 2.83. The zero-order chi connectivity index (χ0) is 17.5. The molecule has 3 rings (SSSR count). The molecule has 1 fully saturated rings. The second-order valence-corrected chi connectivity index (χ2v) is 6.02. The van der Waals surface area contributed by atoms with Crippen molar-refractivity contribution in [2.45, 2.75) is 13.0 Å². The maximum atomic E-state index is 12.6. The molecule has 0 atom stereocenters. The zero-order valence-electron chi connectivity index (χ0n) is 14.3. The molecule has 0 aliphatic carbocycles. The summed E-state index contributed by atoms with van der Waals surface area (Å²) in [6, 6.07) is 15.9. The lowest BCUT2D eigenvalue weighted by Crippen LogP contribution is -2.41. The summed E-state index contributed by atoms with van der Waals surface area (Å²) < 4.78 is 11.3. The Morgan fingerprint density at radius 1 is 1.16 bits per heavy atom. The van der Waals surface area contributed by atoms with Gasteiger partial charge in [-0.1, -0.05) is 49.1 Å². The molecule has 0 spiro atoms. The second kappa shape index (κ2) is 8.49. The monoisotopic (exact) mass is 337 g/mol. The van der Waals surface area contributed by atoms with Gasteiger partial charge in [0.1, 0.15) is 12.4 Å². The van der Waals surface area contributed by atoms with Crippen LogP contribution in [0.5, 0.6) is 5.75 Å². The van der Waals surface area contributed by atoms with E-state index in [1.807, 2.05) is 53.4 Å². The van der Waals surface area contributed by atoms with Crippen molar-refractivity contribution in [1.82, 2.24) is 4.90 Å². The lowest BCUT2D eigenvalue weighted by Gasteiger charge is -2.27. The Balaban J connectivity index is 1.73. The van der Waals surface area contributed by atoms with E-state index in [1.54, 1.807) is 6.08 Å². The molecule has 2 aromatic carbocycles. The number of hydrogen-bond donors (Lipinski definition) is 0. The maximum absolute atomic E-state index is 12.6. The van der Waals surface area contributed by atoms with E-state index in [9.17, 15) is 4.79 Å². The first kappa shape index (κ1) is 17.2. The largest absolute Gasteiger partial charge is 0.489 e. The van der Waals surface area contributed by atoms with Crippen LogP contribution in [0.4, 0.5) is 0 Å². The molecule has 0 radical (unpaired) electrons. The first-order valence-corrected chi connectivity index (χ1v) is 8.54. The minimum atomic E-state index is 0.106. The van der Waals surface area contributed by atoms with Crippen LogP contribution in [-0.2, 0) is 22.6 Å². The van der Waals surface area contributed by atoms with Crippen LogP contribution in [0, 0.1) is 0 Å². The van der Waals surface area contributed by atoms with Gasteiger partial charge < -0.3 is 14.4 Å². The molecule has 4 heteroatoms. The third kappa shape index (κ3) is 4.70.